The van der Waals surface area contributed by atoms with Crippen LogP contribution in [0.15, 0.2) is 85.7 Å². The molecule has 0 spiro atoms. The molecule has 0 saturated heterocycles. The van der Waals surface area contributed by atoms with Crippen molar-refractivity contribution in [3.05, 3.63) is 97.0 Å². The molecule has 0 aliphatic carbocycles. The van der Waals surface area contributed by atoms with Crippen LogP contribution in [-0.2, 0) is 13.1 Å². The zero-order chi connectivity index (χ0) is 19.5. The van der Waals surface area contributed by atoms with E-state index >= 15 is 0 Å². The molecule has 4 heterocycles. The number of nitrogens with one attached hydrogen (secondary N) is 2. The lowest BCUT2D eigenvalue weighted by Gasteiger charge is -2.10. The summed E-state index contributed by atoms with van der Waals surface area (Å²) in [7, 11) is 0. The van der Waals surface area contributed by atoms with Crippen molar-refractivity contribution in [1.29, 1.82) is 0 Å². The fourth-order valence-electron chi connectivity index (χ4n) is 3.43. The standard InChI is InChI=1S/C23H20N6/c1-2-9-25-19(3-1)14-27-22-13-21(20-8-10-26-23(20)28-22)18-6-4-17(5-7-18)15-29-12-11-24-16-29/h1-13,16H,14-15H2,(H2,26,27,28). The molecular formula is C23H20N6. The van der Waals surface area contributed by atoms with E-state index in [0.717, 1.165) is 40.2 Å². The number of aromatic amines is 1. The molecule has 0 unspecified atom stereocenters. The van der Waals surface area contributed by atoms with Crippen molar-refractivity contribution in [3.63, 3.8) is 0 Å². The Balaban J connectivity index is 1.43. The molecule has 0 amide bonds. The van der Waals surface area contributed by atoms with Crippen molar-refractivity contribution in [2.75, 3.05) is 5.32 Å². The zero-order valence-corrected chi connectivity index (χ0v) is 15.8. The maximum Gasteiger partial charge on any atom is 0.140 e. The van der Waals surface area contributed by atoms with Gasteiger partial charge in [-0.3, -0.25) is 4.98 Å². The monoisotopic (exact) mass is 380 g/mol. The van der Waals surface area contributed by atoms with Gasteiger partial charge in [0.25, 0.3) is 0 Å². The maximum absolute atomic E-state index is 4.70. The van der Waals surface area contributed by atoms with Gasteiger partial charge in [-0.2, -0.15) is 0 Å². The molecule has 5 aromatic rings. The van der Waals surface area contributed by atoms with Gasteiger partial charge in [-0.15, -0.1) is 0 Å². The van der Waals surface area contributed by atoms with Crippen LogP contribution in [0, 0.1) is 0 Å². The van der Waals surface area contributed by atoms with Gasteiger partial charge in [0.1, 0.15) is 11.5 Å². The van der Waals surface area contributed by atoms with Crippen LogP contribution in [-0.4, -0.2) is 24.5 Å². The highest BCUT2D eigenvalue weighted by molar-refractivity contribution is 5.94. The minimum absolute atomic E-state index is 0.628. The first kappa shape index (κ1) is 17.2. The first-order valence-corrected chi connectivity index (χ1v) is 9.52. The molecule has 142 valence electrons. The van der Waals surface area contributed by atoms with E-state index in [0.29, 0.717) is 6.54 Å². The molecular weight excluding hydrogens is 360 g/mol. The number of anilines is 1. The molecule has 0 atom stereocenters. The van der Waals surface area contributed by atoms with Gasteiger partial charge in [0.05, 0.1) is 18.6 Å². The van der Waals surface area contributed by atoms with Gasteiger partial charge in [-0.25, -0.2) is 9.97 Å². The summed E-state index contributed by atoms with van der Waals surface area (Å²) >= 11 is 0. The third kappa shape index (κ3) is 3.73. The van der Waals surface area contributed by atoms with Crippen molar-refractivity contribution in [2.24, 2.45) is 0 Å². The molecule has 0 aliphatic rings. The number of benzene rings is 1. The summed E-state index contributed by atoms with van der Waals surface area (Å²) in [6.45, 7) is 1.44. The Labute approximate surface area is 168 Å². The van der Waals surface area contributed by atoms with Gasteiger partial charge >= 0.3 is 0 Å². The second kappa shape index (κ2) is 7.59. The SMILES string of the molecule is c1ccc(CNc2cc(-c3ccc(Cn4ccnc4)cc3)c3cc[nH]c3n2)nc1. The van der Waals surface area contributed by atoms with Crippen LogP contribution in [0.25, 0.3) is 22.2 Å². The minimum atomic E-state index is 0.628. The summed E-state index contributed by atoms with van der Waals surface area (Å²) in [6, 6.07) is 18.7. The molecule has 6 heteroatoms. The lowest BCUT2D eigenvalue weighted by Crippen LogP contribution is -2.03. The van der Waals surface area contributed by atoms with Crippen LogP contribution >= 0.6 is 0 Å². The van der Waals surface area contributed by atoms with Crippen molar-refractivity contribution < 1.29 is 0 Å². The average Bonchev–Trinajstić information content (AvgIpc) is 3.45. The number of rotatable bonds is 6. The maximum atomic E-state index is 4.70. The summed E-state index contributed by atoms with van der Waals surface area (Å²) in [4.78, 5) is 16.4. The molecule has 1 aromatic carbocycles. The highest BCUT2D eigenvalue weighted by Crippen LogP contribution is 2.30. The largest absolute Gasteiger partial charge is 0.364 e. The molecule has 4 aromatic heterocycles. The van der Waals surface area contributed by atoms with E-state index < -0.39 is 0 Å². The van der Waals surface area contributed by atoms with Gasteiger partial charge in [-0.1, -0.05) is 30.3 Å². The molecule has 0 fully saturated rings. The van der Waals surface area contributed by atoms with Crippen molar-refractivity contribution in [3.8, 4) is 11.1 Å². The Morgan fingerprint density at radius 1 is 1.00 bits per heavy atom. The topological polar surface area (TPSA) is 71.4 Å². The van der Waals surface area contributed by atoms with E-state index in [9.17, 15) is 0 Å². The summed E-state index contributed by atoms with van der Waals surface area (Å²) in [6.07, 6.45) is 9.33. The first-order valence-electron chi connectivity index (χ1n) is 9.52. The molecule has 6 nitrogen and oxygen atoms in total. The van der Waals surface area contributed by atoms with Crippen molar-refractivity contribution >= 4 is 16.9 Å². The average molecular weight is 380 g/mol. The number of hydrogen-bond donors (Lipinski definition) is 2. The number of aromatic nitrogens is 5. The van der Waals surface area contributed by atoms with Crippen LogP contribution in [0.4, 0.5) is 5.82 Å². The van der Waals surface area contributed by atoms with Crippen LogP contribution in [0.1, 0.15) is 11.3 Å². The van der Waals surface area contributed by atoms with Crippen molar-refractivity contribution in [2.45, 2.75) is 13.1 Å². The lowest BCUT2D eigenvalue weighted by molar-refractivity contribution is 0.797. The molecule has 0 radical (unpaired) electrons. The third-order valence-electron chi connectivity index (χ3n) is 4.89. The van der Waals surface area contributed by atoms with Crippen LogP contribution in [0.2, 0.25) is 0 Å². The summed E-state index contributed by atoms with van der Waals surface area (Å²) in [5.41, 5.74) is 5.39. The Morgan fingerprint density at radius 3 is 2.72 bits per heavy atom. The molecule has 5 rings (SSSR count). The van der Waals surface area contributed by atoms with E-state index in [1.807, 2.05) is 36.9 Å². The van der Waals surface area contributed by atoms with Gasteiger partial charge in [0, 0.05) is 36.7 Å². The van der Waals surface area contributed by atoms with Gasteiger partial charge < -0.3 is 14.9 Å². The van der Waals surface area contributed by atoms with Crippen molar-refractivity contribution in [1.82, 2.24) is 24.5 Å². The van der Waals surface area contributed by atoms with Gasteiger partial charge in [0.2, 0.25) is 0 Å². The Morgan fingerprint density at radius 2 is 1.93 bits per heavy atom. The second-order valence-electron chi connectivity index (χ2n) is 6.90. The Bertz CT molecular complexity index is 1210. The fourth-order valence-corrected chi connectivity index (χ4v) is 3.43. The molecule has 2 N–H and O–H groups in total. The number of imidazole rings is 1. The second-order valence-corrected chi connectivity index (χ2v) is 6.90. The van der Waals surface area contributed by atoms with Crippen LogP contribution in [0.5, 0.6) is 0 Å². The number of pyridine rings is 2. The fraction of sp³-hybridized carbons (Fsp3) is 0.0870. The third-order valence-corrected chi connectivity index (χ3v) is 4.89. The Kier molecular flexibility index (Phi) is 4.50. The van der Waals surface area contributed by atoms with E-state index in [1.165, 1.54) is 5.56 Å². The highest BCUT2D eigenvalue weighted by atomic mass is 15.0. The first-order chi connectivity index (χ1) is 14.3. The normalized spacial score (nSPS) is 11.0. The number of fused-ring (bicyclic) bond motifs is 1. The molecule has 0 aliphatic heterocycles. The van der Waals surface area contributed by atoms with E-state index in [-0.39, 0.29) is 0 Å². The quantitative estimate of drug-likeness (QED) is 0.456. The highest BCUT2D eigenvalue weighted by Gasteiger charge is 2.09. The predicted molar refractivity (Wildman–Crippen MR) is 114 cm³/mol. The van der Waals surface area contributed by atoms with E-state index in [4.69, 9.17) is 4.98 Å². The van der Waals surface area contributed by atoms with E-state index in [1.54, 1.807) is 12.4 Å². The zero-order valence-electron chi connectivity index (χ0n) is 15.8. The Hall–Kier alpha value is -3.93. The van der Waals surface area contributed by atoms with E-state index in [2.05, 4.69) is 61.2 Å². The van der Waals surface area contributed by atoms with Gasteiger partial charge in [-0.05, 0) is 41.0 Å². The summed E-state index contributed by atoms with van der Waals surface area (Å²) in [5, 5.41) is 4.50. The number of hydrogen-bond acceptors (Lipinski definition) is 4. The van der Waals surface area contributed by atoms with Crippen LogP contribution < -0.4 is 5.32 Å². The molecule has 0 bridgehead atoms. The summed E-state index contributed by atoms with van der Waals surface area (Å²) < 4.78 is 2.06. The molecule has 0 saturated carbocycles. The number of H-pyrrole nitrogens is 1. The number of nitrogens with zero attached hydrogens (tertiary/aromatic N) is 4. The predicted octanol–water partition coefficient (Wildman–Crippen LogP) is 4.48. The molecule has 29 heavy (non-hydrogen) atoms. The minimum Gasteiger partial charge on any atom is -0.364 e. The lowest BCUT2D eigenvalue weighted by atomic mass is 10.0. The smallest absolute Gasteiger partial charge is 0.140 e. The summed E-state index contributed by atoms with van der Waals surface area (Å²) in [5.74, 6) is 0.822. The van der Waals surface area contributed by atoms with Crippen LogP contribution in [0.3, 0.4) is 0 Å². The van der Waals surface area contributed by atoms with Gasteiger partial charge in [0.15, 0.2) is 0 Å².